The Balaban J connectivity index is 3.16. The first kappa shape index (κ1) is 15.1. The highest BCUT2D eigenvalue weighted by molar-refractivity contribution is 9.09. The summed E-state index contributed by atoms with van der Waals surface area (Å²) in [6, 6.07) is 2.84. The van der Waals surface area contributed by atoms with Gasteiger partial charge in [-0.25, -0.2) is 4.39 Å². The molecule has 0 atom stereocenters. The molecule has 100 valence electrons. The van der Waals surface area contributed by atoms with E-state index in [1.165, 1.54) is 17.0 Å². The molecular formula is C13H17BrFNO2. The van der Waals surface area contributed by atoms with E-state index >= 15 is 0 Å². The number of anilines is 1. The molecule has 0 heterocycles. The van der Waals surface area contributed by atoms with Gasteiger partial charge in [0.2, 0.25) is 5.91 Å². The van der Waals surface area contributed by atoms with E-state index in [-0.39, 0.29) is 23.8 Å². The smallest absolute Gasteiger partial charge is 0.239 e. The number of halogens is 2. The summed E-state index contributed by atoms with van der Waals surface area (Å²) in [6.07, 6.45) is 0. The van der Waals surface area contributed by atoms with Gasteiger partial charge in [-0.3, -0.25) is 9.69 Å². The first-order valence-corrected chi connectivity index (χ1v) is 6.84. The molecule has 0 aliphatic rings. The van der Waals surface area contributed by atoms with Crippen LogP contribution in [0, 0.1) is 19.7 Å². The second kappa shape index (κ2) is 6.85. The Morgan fingerprint density at radius 3 is 2.39 bits per heavy atom. The third-order valence-electron chi connectivity index (χ3n) is 2.57. The van der Waals surface area contributed by atoms with Crippen LogP contribution in [0.5, 0.6) is 0 Å². The Morgan fingerprint density at radius 1 is 1.39 bits per heavy atom. The van der Waals surface area contributed by atoms with Crippen molar-refractivity contribution in [2.75, 3.05) is 23.6 Å². The summed E-state index contributed by atoms with van der Waals surface area (Å²) in [5.41, 5.74) is 2.16. The molecule has 0 saturated carbocycles. The topological polar surface area (TPSA) is 29.5 Å². The summed E-state index contributed by atoms with van der Waals surface area (Å²) in [4.78, 5) is 13.4. The number of carbonyl (C=O) groups excluding carboxylic acids is 1. The lowest BCUT2D eigenvalue weighted by Gasteiger charge is -2.25. The van der Waals surface area contributed by atoms with Crippen LogP contribution in [0.25, 0.3) is 0 Å². The Bertz CT molecular complexity index is 414. The number of rotatable bonds is 5. The van der Waals surface area contributed by atoms with Crippen LogP contribution in [-0.4, -0.2) is 24.6 Å². The first-order chi connectivity index (χ1) is 8.51. The zero-order valence-electron chi connectivity index (χ0n) is 10.8. The zero-order chi connectivity index (χ0) is 13.7. The van der Waals surface area contributed by atoms with E-state index in [4.69, 9.17) is 4.74 Å². The fourth-order valence-corrected chi connectivity index (χ4v) is 2.15. The monoisotopic (exact) mass is 317 g/mol. The molecule has 0 aromatic heterocycles. The predicted molar refractivity (Wildman–Crippen MR) is 73.6 cm³/mol. The first-order valence-electron chi connectivity index (χ1n) is 5.72. The van der Waals surface area contributed by atoms with Crippen LogP contribution in [0.4, 0.5) is 10.1 Å². The SMILES string of the molecule is CCOCN(C(=O)CBr)c1c(C)cc(F)cc1C. The van der Waals surface area contributed by atoms with Crippen molar-refractivity contribution in [1.82, 2.24) is 0 Å². The molecule has 0 saturated heterocycles. The van der Waals surface area contributed by atoms with E-state index in [1.807, 2.05) is 6.92 Å². The van der Waals surface area contributed by atoms with Gasteiger partial charge in [0.05, 0.1) is 11.0 Å². The van der Waals surface area contributed by atoms with Crippen LogP contribution in [0.3, 0.4) is 0 Å². The minimum atomic E-state index is -0.295. The highest BCUT2D eigenvalue weighted by atomic mass is 79.9. The van der Waals surface area contributed by atoms with Gasteiger partial charge < -0.3 is 4.74 Å². The van der Waals surface area contributed by atoms with Crippen molar-refractivity contribution in [3.63, 3.8) is 0 Å². The minimum absolute atomic E-state index is 0.110. The van der Waals surface area contributed by atoms with Crippen molar-refractivity contribution in [1.29, 1.82) is 0 Å². The van der Waals surface area contributed by atoms with Crippen LogP contribution >= 0.6 is 15.9 Å². The molecule has 0 N–H and O–H groups in total. The highest BCUT2D eigenvalue weighted by Gasteiger charge is 2.19. The van der Waals surface area contributed by atoms with Crippen molar-refractivity contribution in [3.05, 3.63) is 29.1 Å². The molecule has 0 aliphatic carbocycles. The minimum Gasteiger partial charge on any atom is -0.361 e. The van der Waals surface area contributed by atoms with E-state index in [2.05, 4.69) is 15.9 Å². The van der Waals surface area contributed by atoms with Crippen LogP contribution in [0.2, 0.25) is 0 Å². The molecule has 1 amide bonds. The number of alkyl halides is 1. The maximum Gasteiger partial charge on any atom is 0.239 e. The number of benzene rings is 1. The molecule has 0 radical (unpaired) electrons. The molecule has 5 heteroatoms. The van der Waals surface area contributed by atoms with Crippen molar-refractivity contribution < 1.29 is 13.9 Å². The molecule has 1 aromatic rings. The van der Waals surface area contributed by atoms with Crippen LogP contribution in [-0.2, 0) is 9.53 Å². The van der Waals surface area contributed by atoms with Gasteiger partial charge in [0.25, 0.3) is 0 Å². The molecule has 0 aliphatic heterocycles. The Hall–Kier alpha value is -0.940. The van der Waals surface area contributed by atoms with Gasteiger partial charge in [-0.1, -0.05) is 15.9 Å². The summed E-state index contributed by atoms with van der Waals surface area (Å²) in [6.45, 7) is 6.12. The van der Waals surface area contributed by atoms with Crippen LogP contribution < -0.4 is 4.90 Å². The van der Waals surface area contributed by atoms with Crippen molar-refractivity contribution in [3.8, 4) is 0 Å². The van der Waals surface area contributed by atoms with E-state index in [0.717, 1.165) is 11.1 Å². The van der Waals surface area contributed by atoms with Crippen molar-refractivity contribution >= 4 is 27.5 Å². The molecule has 1 aromatic carbocycles. The summed E-state index contributed by atoms with van der Waals surface area (Å²) >= 11 is 3.15. The van der Waals surface area contributed by atoms with Gasteiger partial charge in [-0.15, -0.1) is 0 Å². The average molecular weight is 318 g/mol. The molecule has 1 rings (SSSR count). The van der Waals surface area contributed by atoms with Crippen LogP contribution in [0.1, 0.15) is 18.1 Å². The second-order valence-electron chi connectivity index (χ2n) is 3.97. The number of carbonyl (C=O) groups is 1. The maximum atomic E-state index is 13.3. The number of nitrogens with zero attached hydrogens (tertiary/aromatic N) is 1. The number of aryl methyl sites for hydroxylation is 2. The molecule has 3 nitrogen and oxygen atoms in total. The van der Waals surface area contributed by atoms with Gasteiger partial charge >= 0.3 is 0 Å². The van der Waals surface area contributed by atoms with E-state index in [0.29, 0.717) is 12.3 Å². The quantitative estimate of drug-likeness (QED) is 0.616. The lowest BCUT2D eigenvalue weighted by Crippen LogP contribution is -2.35. The predicted octanol–water partition coefficient (Wildman–Crippen LogP) is 3.16. The molecule has 0 fully saturated rings. The maximum absolute atomic E-state index is 13.3. The largest absolute Gasteiger partial charge is 0.361 e. The van der Waals surface area contributed by atoms with E-state index in [9.17, 15) is 9.18 Å². The van der Waals surface area contributed by atoms with Crippen LogP contribution in [0.15, 0.2) is 12.1 Å². The highest BCUT2D eigenvalue weighted by Crippen LogP contribution is 2.26. The zero-order valence-corrected chi connectivity index (χ0v) is 12.4. The third kappa shape index (κ3) is 3.53. The Morgan fingerprint density at radius 2 is 1.94 bits per heavy atom. The average Bonchev–Trinajstić information content (AvgIpc) is 2.31. The standard InChI is InChI=1S/C13H17BrFNO2/c1-4-18-8-16(12(17)7-14)13-9(2)5-11(15)6-10(13)3/h5-6H,4,7-8H2,1-3H3. The van der Waals surface area contributed by atoms with E-state index < -0.39 is 0 Å². The molecule has 18 heavy (non-hydrogen) atoms. The van der Waals surface area contributed by atoms with Gasteiger partial charge in [-0.05, 0) is 44.0 Å². The Kier molecular flexibility index (Phi) is 5.75. The normalized spacial score (nSPS) is 10.5. The van der Waals surface area contributed by atoms with Gasteiger partial charge in [0.15, 0.2) is 0 Å². The van der Waals surface area contributed by atoms with Gasteiger partial charge in [-0.2, -0.15) is 0 Å². The number of ether oxygens (including phenoxy) is 1. The summed E-state index contributed by atoms with van der Waals surface area (Å²) in [5, 5.41) is 0.205. The molecule has 0 unspecified atom stereocenters. The Labute approximate surface area is 115 Å². The fourth-order valence-electron chi connectivity index (χ4n) is 1.84. The lowest BCUT2D eigenvalue weighted by atomic mass is 10.1. The summed E-state index contributed by atoms with van der Waals surface area (Å²) in [7, 11) is 0. The van der Waals surface area contributed by atoms with Gasteiger partial charge in [0, 0.05) is 6.61 Å². The molecule has 0 bridgehead atoms. The van der Waals surface area contributed by atoms with Crippen molar-refractivity contribution in [2.24, 2.45) is 0 Å². The second-order valence-corrected chi connectivity index (χ2v) is 4.53. The number of hydrogen-bond donors (Lipinski definition) is 0. The van der Waals surface area contributed by atoms with E-state index in [1.54, 1.807) is 13.8 Å². The summed E-state index contributed by atoms with van der Waals surface area (Å²) in [5.74, 6) is -0.405. The third-order valence-corrected chi connectivity index (χ3v) is 3.05. The summed E-state index contributed by atoms with van der Waals surface area (Å²) < 4.78 is 18.6. The van der Waals surface area contributed by atoms with Gasteiger partial charge in [0.1, 0.15) is 12.5 Å². The number of amides is 1. The molecular weight excluding hydrogens is 301 g/mol. The lowest BCUT2D eigenvalue weighted by molar-refractivity contribution is -0.117. The number of hydrogen-bond acceptors (Lipinski definition) is 2. The molecule has 0 spiro atoms. The van der Waals surface area contributed by atoms with Crippen molar-refractivity contribution in [2.45, 2.75) is 20.8 Å². The fraction of sp³-hybridized carbons (Fsp3) is 0.462.